The molecule has 0 aromatic carbocycles. The third kappa shape index (κ3) is 6.73. The molecule has 0 radical (unpaired) electrons. The second kappa shape index (κ2) is 3.88. The molecule has 0 bridgehead atoms. The standard InChI is InChI=1S/C5H4F3NO2/c6-5(7,8)1-4(11)2-9-3-10/h1-2H2. The summed E-state index contributed by atoms with van der Waals surface area (Å²) in [5.41, 5.74) is 0. The van der Waals surface area contributed by atoms with Crippen molar-refractivity contribution in [2.75, 3.05) is 6.54 Å². The van der Waals surface area contributed by atoms with E-state index in [-0.39, 0.29) is 0 Å². The first-order chi connectivity index (χ1) is 4.95. The van der Waals surface area contributed by atoms with Gasteiger partial charge in [0.1, 0.15) is 13.0 Å². The molecule has 0 aliphatic carbocycles. The number of alkyl halides is 3. The minimum Gasteiger partial charge on any atom is -0.297 e. The molecule has 0 unspecified atom stereocenters. The van der Waals surface area contributed by atoms with E-state index in [9.17, 15) is 22.8 Å². The number of carbonyl (C=O) groups excluding carboxylic acids is 2. The van der Waals surface area contributed by atoms with E-state index < -0.39 is 24.9 Å². The summed E-state index contributed by atoms with van der Waals surface area (Å²) in [4.78, 5) is 22.3. The summed E-state index contributed by atoms with van der Waals surface area (Å²) in [6, 6.07) is 0. The second-order valence-corrected chi connectivity index (χ2v) is 1.74. The Morgan fingerprint density at radius 2 is 2.00 bits per heavy atom. The van der Waals surface area contributed by atoms with Crippen molar-refractivity contribution in [1.29, 1.82) is 0 Å². The molecule has 62 valence electrons. The zero-order valence-corrected chi connectivity index (χ0v) is 5.31. The monoisotopic (exact) mass is 167 g/mol. The van der Waals surface area contributed by atoms with Gasteiger partial charge in [-0.25, -0.2) is 4.79 Å². The van der Waals surface area contributed by atoms with Crippen LogP contribution in [0.2, 0.25) is 0 Å². The number of isocyanates is 1. The summed E-state index contributed by atoms with van der Waals surface area (Å²) >= 11 is 0. The van der Waals surface area contributed by atoms with Crippen LogP contribution < -0.4 is 0 Å². The van der Waals surface area contributed by atoms with E-state index in [4.69, 9.17) is 0 Å². The van der Waals surface area contributed by atoms with Gasteiger partial charge in [-0.05, 0) is 0 Å². The maximum absolute atomic E-state index is 11.4. The summed E-state index contributed by atoms with van der Waals surface area (Å²) < 4.78 is 34.1. The number of Topliss-reactive ketones (excluding diaryl/α,β-unsaturated/α-hetero) is 1. The van der Waals surface area contributed by atoms with Gasteiger partial charge >= 0.3 is 6.18 Å². The molecule has 3 nitrogen and oxygen atoms in total. The van der Waals surface area contributed by atoms with E-state index in [0.717, 1.165) is 6.08 Å². The summed E-state index contributed by atoms with van der Waals surface area (Å²) in [6.45, 7) is -0.747. The van der Waals surface area contributed by atoms with Crippen LogP contribution in [0.3, 0.4) is 0 Å². The largest absolute Gasteiger partial charge is 0.395 e. The predicted molar refractivity (Wildman–Crippen MR) is 28.7 cm³/mol. The lowest BCUT2D eigenvalue weighted by Gasteiger charge is -2.01. The number of hydrogen-bond acceptors (Lipinski definition) is 3. The Morgan fingerprint density at radius 3 is 2.36 bits per heavy atom. The molecule has 0 fully saturated rings. The predicted octanol–water partition coefficient (Wildman–Crippen LogP) is 0.844. The van der Waals surface area contributed by atoms with E-state index in [1.807, 2.05) is 0 Å². The normalized spacial score (nSPS) is 10.5. The van der Waals surface area contributed by atoms with Crippen molar-refractivity contribution in [3.63, 3.8) is 0 Å². The first-order valence-corrected chi connectivity index (χ1v) is 2.58. The summed E-state index contributed by atoms with van der Waals surface area (Å²) in [7, 11) is 0. The molecule has 0 saturated heterocycles. The molecule has 0 amide bonds. The number of halogens is 3. The Hall–Kier alpha value is -1.16. The van der Waals surface area contributed by atoms with Crippen LogP contribution >= 0.6 is 0 Å². The Labute approximate surface area is 59.9 Å². The first-order valence-electron chi connectivity index (χ1n) is 2.58. The van der Waals surface area contributed by atoms with E-state index in [1.165, 1.54) is 0 Å². The number of hydrogen-bond donors (Lipinski definition) is 0. The van der Waals surface area contributed by atoms with Crippen molar-refractivity contribution in [3.8, 4) is 0 Å². The van der Waals surface area contributed by atoms with Crippen LogP contribution in [0.1, 0.15) is 6.42 Å². The smallest absolute Gasteiger partial charge is 0.297 e. The number of nitrogens with zero attached hydrogens (tertiary/aromatic N) is 1. The highest BCUT2D eigenvalue weighted by molar-refractivity contribution is 5.81. The zero-order chi connectivity index (χ0) is 8.91. The average Bonchev–Trinajstić information content (AvgIpc) is 1.79. The molecule has 0 rings (SSSR count). The lowest BCUT2D eigenvalue weighted by atomic mass is 10.3. The van der Waals surface area contributed by atoms with Gasteiger partial charge in [-0.3, -0.25) is 4.79 Å². The molecule has 0 aromatic heterocycles. The van der Waals surface area contributed by atoms with Crippen LogP contribution in [-0.4, -0.2) is 24.6 Å². The molecule has 0 spiro atoms. The van der Waals surface area contributed by atoms with Gasteiger partial charge in [0.05, 0.1) is 0 Å². The van der Waals surface area contributed by atoms with Crippen LogP contribution in [0, 0.1) is 0 Å². The zero-order valence-electron chi connectivity index (χ0n) is 5.31. The summed E-state index contributed by atoms with van der Waals surface area (Å²) in [5.74, 6) is -1.14. The quantitative estimate of drug-likeness (QED) is 0.462. The minimum absolute atomic E-state index is 0.747. The molecule has 0 aliphatic heterocycles. The van der Waals surface area contributed by atoms with E-state index >= 15 is 0 Å². The molecule has 0 saturated carbocycles. The highest BCUT2D eigenvalue weighted by atomic mass is 19.4. The highest BCUT2D eigenvalue weighted by Gasteiger charge is 2.30. The Morgan fingerprint density at radius 1 is 1.45 bits per heavy atom. The van der Waals surface area contributed by atoms with Gasteiger partial charge in [0.15, 0.2) is 5.78 Å². The van der Waals surface area contributed by atoms with Crippen molar-refractivity contribution in [1.82, 2.24) is 0 Å². The molecule has 0 N–H and O–H groups in total. The number of aliphatic imine (C=N–C) groups is 1. The molecule has 0 aromatic rings. The fraction of sp³-hybridized carbons (Fsp3) is 0.600. The lowest BCUT2D eigenvalue weighted by Crippen LogP contribution is -2.16. The fourth-order valence-corrected chi connectivity index (χ4v) is 0.400. The maximum atomic E-state index is 11.4. The van der Waals surface area contributed by atoms with Crippen LogP contribution in [0.4, 0.5) is 13.2 Å². The van der Waals surface area contributed by atoms with E-state index in [0.29, 0.717) is 0 Å². The van der Waals surface area contributed by atoms with Crippen LogP contribution in [0.5, 0.6) is 0 Å². The first kappa shape index (κ1) is 9.84. The number of carbonyl (C=O) groups is 1. The Balaban J connectivity index is 3.79. The van der Waals surface area contributed by atoms with Crippen LogP contribution in [-0.2, 0) is 9.59 Å². The van der Waals surface area contributed by atoms with Gasteiger partial charge in [-0.15, -0.1) is 0 Å². The van der Waals surface area contributed by atoms with Gasteiger partial charge in [0.2, 0.25) is 6.08 Å². The maximum Gasteiger partial charge on any atom is 0.395 e. The molecular weight excluding hydrogens is 163 g/mol. The van der Waals surface area contributed by atoms with Crippen molar-refractivity contribution in [2.45, 2.75) is 12.6 Å². The summed E-state index contributed by atoms with van der Waals surface area (Å²) in [6.07, 6.45) is -5.09. The lowest BCUT2D eigenvalue weighted by molar-refractivity contribution is -0.151. The second-order valence-electron chi connectivity index (χ2n) is 1.74. The van der Waals surface area contributed by atoms with Crippen LogP contribution in [0.25, 0.3) is 0 Å². The third-order valence-electron chi connectivity index (χ3n) is 0.718. The van der Waals surface area contributed by atoms with Crippen molar-refractivity contribution < 1.29 is 22.8 Å². The molecule has 11 heavy (non-hydrogen) atoms. The Kier molecular flexibility index (Phi) is 3.47. The Bertz CT molecular complexity index is 192. The molecule has 0 atom stereocenters. The van der Waals surface area contributed by atoms with Crippen LogP contribution in [0.15, 0.2) is 4.99 Å². The fourth-order valence-electron chi connectivity index (χ4n) is 0.400. The molecule has 0 heterocycles. The van der Waals surface area contributed by atoms with Gasteiger partial charge < -0.3 is 0 Å². The third-order valence-corrected chi connectivity index (χ3v) is 0.718. The van der Waals surface area contributed by atoms with Crippen molar-refractivity contribution in [3.05, 3.63) is 0 Å². The number of ketones is 1. The SMILES string of the molecule is O=C=NCC(=O)CC(F)(F)F. The van der Waals surface area contributed by atoms with E-state index in [1.54, 1.807) is 0 Å². The molecule has 0 aliphatic rings. The highest BCUT2D eigenvalue weighted by Crippen LogP contribution is 2.19. The van der Waals surface area contributed by atoms with Gasteiger partial charge in [0.25, 0.3) is 0 Å². The topological polar surface area (TPSA) is 46.5 Å². The molecule has 6 heteroatoms. The van der Waals surface area contributed by atoms with Gasteiger partial charge in [-0.1, -0.05) is 0 Å². The number of rotatable bonds is 3. The van der Waals surface area contributed by atoms with Gasteiger partial charge in [-0.2, -0.15) is 18.2 Å². The van der Waals surface area contributed by atoms with Crippen molar-refractivity contribution >= 4 is 11.9 Å². The summed E-state index contributed by atoms with van der Waals surface area (Å²) in [5, 5.41) is 0. The van der Waals surface area contributed by atoms with E-state index in [2.05, 4.69) is 4.99 Å². The minimum atomic E-state index is -4.52. The molecular formula is C5H4F3NO2. The van der Waals surface area contributed by atoms with Crippen molar-refractivity contribution in [2.24, 2.45) is 4.99 Å². The average molecular weight is 167 g/mol. The van der Waals surface area contributed by atoms with Gasteiger partial charge in [0, 0.05) is 0 Å².